The monoisotopic (exact) mass is 513 g/mol. The van der Waals surface area contributed by atoms with Crippen molar-refractivity contribution in [1.82, 2.24) is 4.57 Å². The molecular weight excluding hydrogens is 486 g/mol. The van der Waals surface area contributed by atoms with E-state index in [1.165, 1.54) is 28.0 Å². The maximum atomic E-state index is 13.8. The SMILES string of the molecule is CCN(CC)c1ccc(/C=c2\sc3n(c2=O)[C@@H](c2cccs2)C2=C(N=3)c3ccccc3CC2)c(O)c1. The molecular formula is C29H27N3O2S2. The van der Waals surface area contributed by atoms with Gasteiger partial charge in [0.2, 0.25) is 0 Å². The fourth-order valence-corrected chi connectivity index (χ4v) is 7.14. The molecule has 3 heterocycles. The van der Waals surface area contributed by atoms with Crippen LogP contribution in [0.5, 0.6) is 5.75 Å². The molecule has 1 atom stereocenters. The number of aromatic nitrogens is 1. The number of fused-ring (bicyclic) bond motifs is 3. The molecule has 1 aliphatic heterocycles. The van der Waals surface area contributed by atoms with Crippen LogP contribution in [0.1, 0.15) is 47.9 Å². The van der Waals surface area contributed by atoms with Crippen LogP contribution in [0.3, 0.4) is 0 Å². The summed E-state index contributed by atoms with van der Waals surface area (Å²) in [7, 11) is 0. The molecule has 0 unspecified atom stereocenters. The van der Waals surface area contributed by atoms with E-state index in [1.807, 2.05) is 22.8 Å². The lowest BCUT2D eigenvalue weighted by Crippen LogP contribution is -2.38. The van der Waals surface area contributed by atoms with E-state index in [0.717, 1.165) is 42.2 Å². The van der Waals surface area contributed by atoms with Crippen molar-refractivity contribution in [2.24, 2.45) is 4.99 Å². The van der Waals surface area contributed by atoms with Gasteiger partial charge in [-0.15, -0.1) is 11.3 Å². The Bertz CT molecular complexity index is 1660. The summed E-state index contributed by atoms with van der Waals surface area (Å²) in [5.41, 5.74) is 6.24. The average Bonchev–Trinajstić information content (AvgIpc) is 3.53. The van der Waals surface area contributed by atoms with Gasteiger partial charge in [-0.05, 0) is 67.5 Å². The van der Waals surface area contributed by atoms with Gasteiger partial charge in [0.1, 0.15) is 5.75 Å². The number of rotatable bonds is 5. The van der Waals surface area contributed by atoms with Crippen LogP contribution in [-0.2, 0) is 6.42 Å². The van der Waals surface area contributed by atoms with Gasteiger partial charge in [0, 0.05) is 40.8 Å². The molecule has 4 aromatic rings. The number of thiophene rings is 1. The average molecular weight is 514 g/mol. The molecule has 6 rings (SSSR count). The summed E-state index contributed by atoms with van der Waals surface area (Å²) in [6.07, 6.45) is 3.63. The van der Waals surface area contributed by atoms with Crippen molar-refractivity contribution in [3.05, 3.63) is 107 Å². The van der Waals surface area contributed by atoms with E-state index in [4.69, 9.17) is 4.99 Å². The molecule has 0 bridgehead atoms. The van der Waals surface area contributed by atoms with Crippen LogP contribution >= 0.6 is 22.7 Å². The Morgan fingerprint density at radius 2 is 1.94 bits per heavy atom. The third-order valence-electron chi connectivity index (χ3n) is 7.11. The minimum absolute atomic E-state index is 0.0604. The molecule has 1 N–H and O–H groups in total. The summed E-state index contributed by atoms with van der Waals surface area (Å²) in [6.45, 7) is 5.92. The second kappa shape index (κ2) is 9.22. The Balaban J connectivity index is 1.53. The fourth-order valence-electron chi connectivity index (χ4n) is 5.30. The Labute approximate surface area is 217 Å². The molecule has 7 heteroatoms. The fraction of sp³-hybridized carbons (Fsp3) is 0.241. The van der Waals surface area contributed by atoms with Crippen LogP contribution in [0, 0.1) is 0 Å². The van der Waals surface area contributed by atoms with E-state index in [9.17, 15) is 9.90 Å². The van der Waals surface area contributed by atoms with Gasteiger partial charge in [0.25, 0.3) is 5.56 Å². The highest BCUT2D eigenvalue weighted by Gasteiger charge is 2.33. The summed E-state index contributed by atoms with van der Waals surface area (Å²) >= 11 is 3.07. The molecule has 2 aromatic carbocycles. The first-order valence-electron chi connectivity index (χ1n) is 12.3. The summed E-state index contributed by atoms with van der Waals surface area (Å²) in [5, 5.41) is 12.8. The molecule has 182 valence electrons. The summed E-state index contributed by atoms with van der Waals surface area (Å²) in [6, 6.07) is 18.1. The molecule has 5 nitrogen and oxygen atoms in total. The number of benzene rings is 2. The minimum atomic E-state index is -0.148. The molecule has 0 spiro atoms. The van der Waals surface area contributed by atoms with E-state index in [1.54, 1.807) is 23.5 Å². The van der Waals surface area contributed by atoms with E-state index in [-0.39, 0.29) is 17.4 Å². The maximum absolute atomic E-state index is 13.8. The zero-order valence-electron chi connectivity index (χ0n) is 20.3. The predicted molar refractivity (Wildman–Crippen MR) is 149 cm³/mol. The highest BCUT2D eigenvalue weighted by molar-refractivity contribution is 7.10. The first-order chi connectivity index (χ1) is 17.6. The third-order valence-corrected chi connectivity index (χ3v) is 9.02. The van der Waals surface area contributed by atoms with Crippen LogP contribution in [0.25, 0.3) is 11.8 Å². The number of thiazole rings is 1. The zero-order chi connectivity index (χ0) is 24.8. The van der Waals surface area contributed by atoms with Crippen LogP contribution in [-0.4, -0.2) is 22.8 Å². The maximum Gasteiger partial charge on any atom is 0.271 e. The number of phenolic OH excluding ortho intramolecular Hbond substituents is 1. The summed E-state index contributed by atoms with van der Waals surface area (Å²) in [4.78, 5) is 22.9. The number of allylic oxidation sites excluding steroid dienone is 1. The molecule has 1 aliphatic carbocycles. The molecule has 0 fully saturated rings. The molecule has 2 aromatic heterocycles. The van der Waals surface area contributed by atoms with Gasteiger partial charge >= 0.3 is 0 Å². The van der Waals surface area contributed by atoms with E-state index in [0.29, 0.717) is 14.9 Å². The number of aromatic hydroxyl groups is 1. The van der Waals surface area contributed by atoms with Gasteiger partial charge in [-0.3, -0.25) is 9.36 Å². The highest BCUT2D eigenvalue weighted by atomic mass is 32.1. The van der Waals surface area contributed by atoms with Gasteiger partial charge in [-0.2, -0.15) is 0 Å². The smallest absolute Gasteiger partial charge is 0.271 e. The molecule has 0 amide bonds. The van der Waals surface area contributed by atoms with Crippen LogP contribution in [0.2, 0.25) is 0 Å². The second-order valence-corrected chi connectivity index (χ2v) is 11.0. The summed E-state index contributed by atoms with van der Waals surface area (Å²) in [5.74, 6) is 0.174. The molecule has 36 heavy (non-hydrogen) atoms. The number of hydrogen-bond donors (Lipinski definition) is 1. The standard InChI is InChI=1S/C29H27N3O2S2/c1-3-31(4-2)20-13-11-19(23(33)17-20)16-25-28(34)32-27(24-10-7-15-35-24)22-14-12-18-8-5-6-9-21(18)26(22)30-29(32)36-25/h5-11,13,15-17,27,33H,3-4,12,14H2,1-2H3/b25-16-/t27-/m1/s1. The van der Waals surface area contributed by atoms with E-state index >= 15 is 0 Å². The first kappa shape index (κ1) is 23.0. The van der Waals surface area contributed by atoms with E-state index < -0.39 is 0 Å². The number of anilines is 1. The molecule has 0 saturated heterocycles. The molecule has 0 saturated carbocycles. The van der Waals surface area contributed by atoms with Gasteiger partial charge in [-0.25, -0.2) is 4.99 Å². The largest absolute Gasteiger partial charge is 0.507 e. The normalized spacial score (nSPS) is 16.8. The van der Waals surface area contributed by atoms with Crippen LogP contribution in [0.15, 0.2) is 75.3 Å². The van der Waals surface area contributed by atoms with Crippen molar-refractivity contribution in [3.8, 4) is 5.75 Å². The van der Waals surface area contributed by atoms with Crippen molar-refractivity contribution >= 4 is 40.1 Å². The Hall–Kier alpha value is -3.42. The van der Waals surface area contributed by atoms with Gasteiger partial charge < -0.3 is 10.0 Å². The Kier molecular flexibility index (Phi) is 5.90. The van der Waals surface area contributed by atoms with Crippen molar-refractivity contribution in [3.63, 3.8) is 0 Å². The van der Waals surface area contributed by atoms with Gasteiger partial charge in [0.05, 0.1) is 16.3 Å². The lowest BCUT2D eigenvalue weighted by molar-refractivity contribution is 0.474. The predicted octanol–water partition coefficient (Wildman–Crippen LogP) is 4.93. The zero-order valence-corrected chi connectivity index (χ0v) is 21.9. The number of phenols is 1. The van der Waals surface area contributed by atoms with Crippen molar-refractivity contribution in [2.75, 3.05) is 18.0 Å². The second-order valence-electron chi connectivity index (χ2n) is 9.04. The summed E-state index contributed by atoms with van der Waals surface area (Å²) < 4.78 is 2.44. The first-order valence-corrected chi connectivity index (χ1v) is 14.0. The van der Waals surface area contributed by atoms with Crippen LogP contribution in [0.4, 0.5) is 5.69 Å². The lowest BCUT2D eigenvalue weighted by Gasteiger charge is -2.30. The minimum Gasteiger partial charge on any atom is -0.507 e. The van der Waals surface area contributed by atoms with E-state index in [2.05, 4.69) is 54.5 Å². The molecule has 0 radical (unpaired) electrons. The topological polar surface area (TPSA) is 57.8 Å². The molecule has 2 aliphatic rings. The van der Waals surface area contributed by atoms with Crippen molar-refractivity contribution < 1.29 is 5.11 Å². The van der Waals surface area contributed by atoms with Crippen molar-refractivity contribution in [2.45, 2.75) is 32.7 Å². The lowest BCUT2D eigenvalue weighted by atomic mass is 9.85. The van der Waals surface area contributed by atoms with Gasteiger partial charge in [0.15, 0.2) is 4.80 Å². The highest BCUT2D eigenvalue weighted by Crippen LogP contribution is 2.42. The van der Waals surface area contributed by atoms with Gasteiger partial charge in [-0.1, -0.05) is 41.7 Å². The quantitative estimate of drug-likeness (QED) is 0.412. The van der Waals surface area contributed by atoms with Crippen LogP contribution < -0.4 is 19.8 Å². The number of hydrogen-bond acceptors (Lipinski definition) is 6. The third kappa shape index (κ3) is 3.74. The Morgan fingerprint density at radius 3 is 2.69 bits per heavy atom. The van der Waals surface area contributed by atoms with Crippen molar-refractivity contribution in [1.29, 1.82) is 0 Å². The number of aryl methyl sites for hydroxylation is 1. The number of nitrogens with zero attached hydrogens (tertiary/aromatic N) is 3. The Morgan fingerprint density at radius 1 is 1.11 bits per heavy atom.